The maximum Gasteiger partial charge on any atom is 0.153 e. The predicted molar refractivity (Wildman–Crippen MR) is 64.8 cm³/mol. The minimum atomic E-state index is 0.426. The Hall–Kier alpha value is -1.39. The Kier molecular flexibility index (Phi) is 6.29. The minimum absolute atomic E-state index is 0.426. The molecule has 4 heteroatoms. The van der Waals surface area contributed by atoms with E-state index in [1.54, 1.807) is 13.2 Å². The van der Waals surface area contributed by atoms with Crippen molar-refractivity contribution in [2.24, 2.45) is 0 Å². The first-order valence-corrected chi connectivity index (χ1v) is 5.54. The molecule has 0 N–H and O–H groups in total. The lowest BCUT2D eigenvalue weighted by Gasteiger charge is -2.11. The summed E-state index contributed by atoms with van der Waals surface area (Å²) in [4.78, 5) is 10.8. The average Bonchev–Trinajstić information content (AvgIpc) is 2.35. The maximum atomic E-state index is 10.8. The number of carbonyl (C=O) groups is 1. The Morgan fingerprint density at radius 3 is 2.65 bits per heavy atom. The molecule has 1 aromatic carbocycles. The van der Waals surface area contributed by atoms with Crippen LogP contribution in [0.3, 0.4) is 0 Å². The monoisotopic (exact) mass is 238 g/mol. The quantitative estimate of drug-likeness (QED) is 0.512. The van der Waals surface area contributed by atoms with Gasteiger partial charge in [0.15, 0.2) is 6.29 Å². The first-order valence-electron chi connectivity index (χ1n) is 5.54. The summed E-state index contributed by atoms with van der Waals surface area (Å²) in [5.41, 5.74) is 1.52. The van der Waals surface area contributed by atoms with E-state index in [0.717, 1.165) is 11.8 Å². The van der Waals surface area contributed by atoms with Gasteiger partial charge in [-0.05, 0) is 18.6 Å². The molecular formula is C13H18O4. The Bertz CT molecular complexity index is 349. The number of rotatable bonds is 8. The number of methoxy groups -OCH3 is 1. The van der Waals surface area contributed by atoms with E-state index in [4.69, 9.17) is 14.2 Å². The number of benzene rings is 1. The van der Waals surface area contributed by atoms with Crippen LogP contribution >= 0.6 is 0 Å². The number of aryl methyl sites for hydroxylation is 1. The van der Waals surface area contributed by atoms with Crippen molar-refractivity contribution in [1.82, 2.24) is 0 Å². The Labute approximate surface area is 101 Å². The van der Waals surface area contributed by atoms with Crippen LogP contribution in [-0.2, 0) is 9.47 Å². The van der Waals surface area contributed by atoms with Gasteiger partial charge in [-0.25, -0.2) is 0 Å². The standard InChI is InChI=1S/C13H18O4/c1-11-4-3-5-12(10-14)13(11)17-9-8-16-7-6-15-2/h3-5,10H,6-9H2,1-2H3. The molecule has 0 aromatic heterocycles. The van der Waals surface area contributed by atoms with Gasteiger partial charge in [-0.15, -0.1) is 0 Å². The molecule has 0 aliphatic carbocycles. The first-order chi connectivity index (χ1) is 8.29. The van der Waals surface area contributed by atoms with E-state index >= 15 is 0 Å². The number of aldehydes is 1. The fourth-order valence-corrected chi connectivity index (χ4v) is 1.41. The summed E-state index contributed by atoms with van der Waals surface area (Å²) >= 11 is 0. The van der Waals surface area contributed by atoms with Crippen LogP contribution < -0.4 is 4.74 Å². The van der Waals surface area contributed by atoms with Crippen molar-refractivity contribution in [3.63, 3.8) is 0 Å². The van der Waals surface area contributed by atoms with Gasteiger partial charge in [-0.2, -0.15) is 0 Å². The van der Waals surface area contributed by atoms with Crippen molar-refractivity contribution in [2.75, 3.05) is 33.5 Å². The second-order valence-corrected chi connectivity index (χ2v) is 3.56. The fraction of sp³-hybridized carbons (Fsp3) is 0.462. The lowest BCUT2D eigenvalue weighted by molar-refractivity contribution is 0.0541. The highest BCUT2D eigenvalue weighted by Gasteiger charge is 2.05. The Morgan fingerprint density at radius 2 is 1.94 bits per heavy atom. The van der Waals surface area contributed by atoms with Crippen molar-refractivity contribution in [2.45, 2.75) is 6.92 Å². The van der Waals surface area contributed by atoms with Crippen molar-refractivity contribution in [3.8, 4) is 5.75 Å². The molecule has 94 valence electrons. The molecule has 1 aromatic rings. The van der Waals surface area contributed by atoms with E-state index < -0.39 is 0 Å². The third-order valence-corrected chi connectivity index (χ3v) is 2.28. The summed E-state index contributed by atoms with van der Waals surface area (Å²) in [6, 6.07) is 5.48. The van der Waals surface area contributed by atoms with E-state index in [2.05, 4.69) is 0 Å². The molecule has 0 bridgehead atoms. The van der Waals surface area contributed by atoms with Crippen LogP contribution in [0, 0.1) is 6.92 Å². The van der Waals surface area contributed by atoms with Gasteiger partial charge < -0.3 is 14.2 Å². The van der Waals surface area contributed by atoms with E-state index in [9.17, 15) is 4.79 Å². The molecule has 0 unspecified atom stereocenters. The summed E-state index contributed by atoms with van der Waals surface area (Å²) in [5, 5.41) is 0. The number of ether oxygens (including phenoxy) is 3. The normalized spacial score (nSPS) is 10.2. The van der Waals surface area contributed by atoms with Crippen LogP contribution in [0.15, 0.2) is 18.2 Å². The Morgan fingerprint density at radius 1 is 1.18 bits per heavy atom. The number of para-hydroxylation sites is 1. The molecule has 0 saturated heterocycles. The molecular weight excluding hydrogens is 220 g/mol. The highest BCUT2D eigenvalue weighted by atomic mass is 16.5. The van der Waals surface area contributed by atoms with Gasteiger partial charge in [0, 0.05) is 7.11 Å². The highest BCUT2D eigenvalue weighted by molar-refractivity contribution is 5.80. The SMILES string of the molecule is COCCOCCOc1c(C)cccc1C=O. The molecule has 0 amide bonds. The van der Waals surface area contributed by atoms with Crippen molar-refractivity contribution in [3.05, 3.63) is 29.3 Å². The summed E-state index contributed by atoms with van der Waals surface area (Å²) in [6.45, 7) is 3.94. The molecule has 0 aliphatic rings. The largest absolute Gasteiger partial charge is 0.490 e. The maximum absolute atomic E-state index is 10.8. The summed E-state index contributed by atoms with van der Waals surface area (Å²) in [5.74, 6) is 0.637. The van der Waals surface area contributed by atoms with Gasteiger partial charge in [0.1, 0.15) is 12.4 Å². The molecule has 0 heterocycles. The smallest absolute Gasteiger partial charge is 0.153 e. The van der Waals surface area contributed by atoms with E-state index in [1.165, 1.54) is 0 Å². The van der Waals surface area contributed by atoms with Gasteiger partial charge in [0.2, 0.25) is 0 Å². The summed E-state index contributed by atoms with van der Waals surface area (Å²) in [6.07, 6.45) is 0.800. The molecule has 1 rings (SSSR count). The van der Waals surface area contributed by atoms with Crippen LogP contribution in [0.1, 0.15) is 15.9 Å². The van der Waals surface area contributed by atoms with Crippen LogP contribution in [-0.4, -0.2) is 39.8 Å². The van der Waals surface area contributed by atoms with Crippen LogP contribution in [0.5, 0.6) is 5.75 Å². The zero-order valence-corrected chi connectivity index (χ0v) is 10.3. The lowest BCUT2D eigenvalue weighted by atomic mass is 10.1. The fourth-order valence-electron chi connectivity index (χ4n) is 1.41. The third-order valence-electron chi connectivity index (χ3n) is 2.28. The lowest BCUT2D eigenvalue weighted by Crippen LogP contribution is -2.11. The van der Waals surface area contributed by atoms with Gasteiger partial charge in [0.25, 0.3) is 0 Å². The summed E-state index contributed by atoms with van der Waals surface area (Å²) < 4.78 is 15.7. The van der Waals surface area contributed by atoms with Crippen molar-refractivity contribution >= 4 is 6.29 Å². The van der Waals surface area contributed by atoms with Gasteiger partial charge in [0.05, 0.1) is 25.4 Å². The molecule has 0 aliphatic heterocycles. The number of hydrogen-bond acceptors (Lipinski definition) is 4. The second kappa shape index (κ2) is 7.81. The third kappa shape index (κ3) is 4.54. The van der Waals surface area contributed by atoms with Crippen molar-refractivity contribution in [1.29, 1.82) is 0 Å². The van der Waals surface area contributed by atoms with Gasteiger partial charge in [-0.3, -0.25) is 4.79 Å². The molecule has 17 heavy (non-hydrogen) atoms. The first kappa shape index (κ1) is 13.7. The van der Waals surface area contributed by atoms with Crippen LogP contribution in [0.25, 0.3) is 0 Å². The van der Waals surface area contributed by atoms with E-state index in [0.29, 0.717) is 37.7 Å². The predicted octanol–water partition coefficient (Wildman–Crippen LogP) is 1.85. The van der Waals surface area contributed by atoms with Crippen LogP contribution in [0.4, 0.5) is 0 Å². The van der Waals surface area contributed by atoms with E-state index in [1.807, 2.05) is 19.1 Å². The average molecular weight is 238 g/mol. The van der Waals surface area contributed by atoms with Crippen LogP contribution in [0.2, 0.25) is 0 Å². The molecule has 0 saturated carbocycles. The Balaban J connectivity index is 2.38. The second-order valence-electron chi connectivity index (χ2n) is 3.56. The highest BCUT2D eigenvalue weighted by Crippen LogP contribution is 2.21. The molecule has 0 atom stereocenters. The minimum Gasteiger partial charge on any atom is -0.490 e. The molecule has 0 fully saturated rings. The zero-order valence-electron chi connectivity index (χ0n) is 10.3. The topological polar surface area (TPSA) is 44.8 Å². The number of carbonyl (C=O) groups excluding carboxylic acids is 1. The molecule has 4 nitrogen and oxygen atoms in total. The zero-order chi connectivity index (χ0) is 12.5. The van der Waals surface area contributed by atoms with Gasteiger partial charge >= 0.3 is 0 Å². The summed E-state index contributed by atoms with van der Waals surface area (Å²) in [7, 11) is 1.63. The molecule has 0 spiro atoms. The van der Waals surface area contributed by atoms with E-state index in [-0.39, 0.29) is 0 Å². The number of hydrogen-bond donors (Lipinski definition) is 0. The van der Waals surface area contributed by atoms with Crippen molar-refractivity contribution < 1.29 is 19.0 Å². The molecule has 0 radical (unpaired) electrons. The van der Waals surface area contributed by atoms with Gasteiger partial charge in [-0.1, -0.05) is 12.1 Å².